The fraction of sp³-hybridized carbons (Fsp3) is 0.200. The number of nitrogens with zero attached hydrogens (tertiary/aromatic N) is 1. The molecule has 0 saturated carbocycles. The molecule has 0 aliphatic rings. The zero-order valence-electron chi connectivity index (χ0n) is 9.20. The molecule has 0 aliphatic heterocycles. The van der Waals surface area contributed by atoms with E-state index >= 15 is 0 Å². The molecule has 0 heterocycles. The number of nitrogens with one attached hydrogen (secondary N) is 2. The maximum Gasteiger partial charge on any atom is 0.319 e. The smallest absolute Gasteiger partial charge is 0.319 e. The Morgan fingerprint density at radius 1 is 1.59 bits per heavy atom. The van der Waals surface area contributed by atoms with Gasteiger partial charge in [-0.15, -0.1) is 0 Å². The van der Waals surface area contributed by atoms with Crippen LogP contribution in [0.2, 0.25) is 0 Å². The quantitative estimate of drug-likeness (QED) is 0.275. The van der Waals surface area contributed by atoms with E-state index in [0.717, 1.165) is 6.07 Å². The highest BCUT2D eigenvalue weighted by atomic mass is 19.1. The average Bonchev–Trinajstić information content (AvgIpc) is 2.31. The van der Waals surface area contributed by atoms with Crippen molar-refractivity contribution in [1.29, 1.82) is 0 Å². The van der Waals surface area contributed by atoms with Gasteiger partial charge in [-0.05, 0) is 25.1 Å². The summed E-state index contributed by atoms with van der Waals surface area (Å²) in [5.74, 6) is -0.996. The zero-order valence-corrected chi connectivity index (χ0v) is 9.20. The molecular formula is C10H13FN4O2. The minimum absolute atomic E-state index is 0.0817. The molecule has 1 aromatic carbocycles. The van der Waals surface area contributed by atoms with E-state index in [1.807, 2.05) is 0 Å². The Morgan fingerprint density at radius 2 is 2.29 bits per heavy atom. The third-order valence-corrected chi connectivity index (χ3v) is 1.95. The molecule has 2 amide bonds. The molecule has 0 bridgehead atoms. The molecule has 0 fully saturated rings. The number of amidine groups is 1. The van der Waals surface area contributed by atoms with E-state index in [2.05, 4.69) is 15.8 Å². The van der Waals surface area contributed by atoms with Crippen LogP contribution in [0.3, 0.4) is 0 Å². The van der Waals surface area contributed by atoms with Gasteiger partial charge in [-0.3, -0.25) is 0 Å². The van der Waals surface area contributed by atoms with Gasteiger partial charge in [0, 0.05) is 12.2 Å². The number of amides is 2. The number of halogens is 1. The molecule has 0 radical (unpaired) electrons. The third kappa shape index (κ3) is 3.33. The fourth-order valence-electron chi connectivity index (χ4n) is 1.19. The summed E-state index contributed by atoms with van der Waals surface area (Å²) in [6, 6.07) is 3.36. The molecule has 0 spiro atoms. The van der Waals surface area contributed by atoms with Gasteiger partial charge in [0.1, 0.15) is 5.82 Å². The maximum absolute atomic E-state index is 13.3. The van der Waals surface area contributed by atoms with Crippen molar-refractivity contribution in [2.45, 2.75) is 6.92 Å². The molecule has 5 N–H and O–H groups in total. The van der Waals surface area contributed by atoms with Gasteiger partial charge in [-0.25, -0.2) is 9.18 Å². The van der Waals surface area contributed by atoms with E-state index in [-0.39, 0.29) is 11.4 Å². The number of benzene rings is 1. The van der Waals surface area contributed by atoms with Gasteiger partial charge in [0.15, 0.2) is 5.84 Å². The second-order valence-electron chi connectivity index (χ2n) is 3.16. The molecule has 0 aromatic heterocycles. The van der Waals surface area contributed by atoms with Crippen LogP contribution in [-0.4, -0.2) is 23.6 Å². The lowest BCUT2D eigenvalue weighted by Gasteiger charge is -2.08. The zero-order chi connectivity index (χ0) is 12.8. The van der Waals surface area contributed by atoms with Crippen LogP contribution < -0.4 is 16.4 Å². The number of hydrogen-bond donors (Lipinski definition) is 4. The van der Waals surface area contributed by atoms with Crippen molar-refractivity contribution in [3.63, 3.8) is 0 Å². The first kappa shape index (κ1) is 12.8. The van der Waals surface area contributed by atoms with Gasteiger partial charge in [0.2, 0.25) is 0 Å². The summed E-state index contributed by atoms with van der Waals surface area (Å²) in [6.07, 6.45) is 0. The van der Waals surface area contributed by atoms with Gasteiger partial charge in [0.25, 0.3) is 0 Å². The van der Waals surface area contributed by atoms with Crippen molar-refractivity contribution >= 4 is 17.6 Å². The number of hydrogen-bond acceptors (Lipinski definition) is 3. The maximum atomic E-state index is 13.3. The second-order valence-corrected chi connectivity index (χ2v) is 3.16. The molecule has 0 aliphatic carbocycles. The molecule has 1 aromatic rings. The van der Waals surface area contributed by atoms with Crippen LogP contribution in [0.4, 0.5) is 14.9 Å². The van der Waals surface area contributed by atoms with E-state index in [1.54, 1.807) is 6.92 Å². The van der Waals surface area contributed by atoms with Crippen LogP contribution >= 0.6 is 0 Å². The van der Waals surface area contributed by atoms with Crippen molar-refractivity contribution in [1.82, 2.24) is 5.32 Å². The van der Waals surface area contributed by atoms with E-state index in [1.165, 1.54) is 12.1 Å². The number of carbonyl (C=O) groups excluding carboxylic acids is 1. The Kier molecular flexibility index (Phi) is 4.27. The Hall–Kier alpha value is -2.31. The Morgan fingerprint density at radius 3 is 2.88 bits per heavy atom. The molecule has 0 saturated heterocycles. The molecule has 0 atom stereocenters. The lowest BCUT2D eigenvalue weighted by atomic mass is 10.1. The summed E-state index contributed by atoms with van der Waals surface area (Å²) < 4.78 is 13.3. The summed E-state index contributed by atoms with van der Waals surface area (Å²) in [4.78, 5) is 11.2. The molecule has 92 valence electrons. The minimum Gasteiger partial charge on any atom is -0.409 e. The van der Waals surface area contributed by atoms with E-state index < -0.39 is 11.8 Å². The largest absolute Gasteiger partial charge is 0.409 e. The van der Waals surface area contributed by atoms with Gasteiger partial charge in [0.05, 0.1) is 5.56 Å². The Balaban J connectivity index is 2.93. The van der Waals surface area contributed by atoms with Crippen molar-refractivity contribution in [2.75, 3.05) is 11.9 Å². The average molecular weight is 240 g/mol. The first-order valence-electron chi connectivity index (χ1n) is 4.90. The summed E-state index contributed by atoms with van der Waals surface area (Å²) in [7, 11) is 0. The minimum atomic E-state index is -0.637. The molecule has 17 heavy (non-hydrogen) atoms. The van der Waals surface area contributed by atoms with Crippen LogP contribution in [0, 0.1) is 5.82 Å². The first-order chi connectivity index (χ1) is 8.08. The van der Waals surface area contributed by atoms with E-state index in [4.69, 9.17) is 10.9 Å². The number of anilines is 1. The van der Waals surface area contributed by atoms with Crippen molar-refractivity contribution in [2.24, 2.45) is 10.9 Å². The predicted octanol–water partition coefficient (Wildman–Crippen LogP) is 1.06. The number of urea groups is 1. The van der Waals surface area contributed by atoms with Gasteiger partial charge in [-0.2, -0.15) is 0 Å². The Bertz CT molecular complexity index is 448. The third-order valence-electron chi connectivity index (χ3n) is 1.95. The van der Waals surface area contributed by atoms with Crippen LogP contribution in [-0.2, 0) is 0 Å². The Labute approximate surface area is 97.3 Å². The number of nitrogens with two attached hydrogens (primary N) is 1. The van der Waals surface area contributed by atoms with Gasteiger partial charge < -0.3 is 21.6 Å². The first-order valence-corrected chi connectivity index (χ1v) is 4.90. The van der Waals surface area contributed by atoms with Crippen LogP contribution in [0.25, 0.3) is 0 Å². The number of oxime groups is 1. The fourth-order valence-corrected chi connectivity index (χ4v) is 1.19. The number of rotatable bonds is 3. The molecule has 0 unspecified atom stereocenters. The van der Waals surface area contributed by atoms with Crippen LogP contribution in [0.15, 0.2) is 23.4 Å². The van der Waals surface area contributed by atoms with Crippen molar-refractivity contribution in [3.05, 3.63) is 29.6 Å². The standard InChI is InChI=1S/C10H13FN4O2/c1-2-13-10(16)14-6-3-4-8(11)7(5-6)9(12)15-17/h3-5,17H,2H2,1H3,(H2,12,15)(H2,13,14,16). The second kappa shape index (κ2) is 5.69. The SMILES string of the molecule is CCNC(=O)Nc1ccc(F)c(C(N)=NO)c1. The summed E-state index contributed by atoms with van der Waals surface area (Å²) in [5, 5.41) is 16.2. The normalized spacial score (nSPS) is 11.1. The van der Waals surface area contributed by atoms with Crippen molar-refractivity contribution < 1.29 is 14.4 Å². The van der Waals surface area contributed by atoms with Gasteiger partial charge in [-0.1, -0.05) is 5.16 Å². The molecule has 6 nitrogen and oxygen atoms in total. The highest BCUT2D eigenvalue weighted by Crippen LogP contribution is 2.14. The molecular weight excluding hydrogens is 227 g/mol. The predicted molar refractivity (Wildman–Crippen MR) is 61.6 cm³/mol. The summed E-state index contributed by atoms with van der Waals surface area (Å²) in [5.41, 5.74) is 5.55. The lowest BCUT2D eigenvalue weighted by Crippen LogP contribution is -2.28. The molecule has 7 heteroatoms. The van der Waals surface area contributed by atoms with Crippen LogP contribution in [0.5, 0.6) is 0 Å². The number of carbonyl (C=O) groups is 1. The monoisotopic (exact) mass is 240 g/mol. The van der Waals surface area contributed by atoms with Crippen molar-refractivity contribution in [3.8, 4) is 0 Å². The topological polar surface area (TPSA) is 99.7 Å². The highest BCUT2D eigenvalue weighted by molar-refractivity contribution is 5.99. The lowest BCUT2D eigenvalue weighted by molar-refractivity contribution is 0.252. The van der Waals surface area contributed by atoms with E-state index in [9.17, 15) is 9.18 Å². The van der Waals surface area contributed by atoms with Crippen LogP contribution in [0.1, 0.15) is 12.5 Å². The summed E-state index contributed by atoms with van der Waals surface area (Å²) >= 11 is 0. The molecule has 1 rings (SSSR count). The summed E-state index contributed by atoms with van der Waals surface area (Å²) in [6.45, 7) is 2.24. The van der Waals surface area contributed by atoms with E-state index in [0.29, 0.717) is 12.2 Å². The highest BCUT2D eigenvalue weighted by Gasteiger charge is 2.09. The van der Waals surface area contributed by atoms with Gasteiger partial charge >= 0.3 is 6.03 Å².